The molecule has 10 heteroatoms. The van der Waals surface area contributed by atoms with Crippen molar-refractivity contribution in [1.82, 2.24) is 10.2 Å². The third kappa shape index (κ3) is 9.29. The molecular formula is C30H42N4O6. The van der Waals surface area contributed by atoms with Crippen LogP contribution in [-0.2, 0) is 19.1 Å². The largest absolute Gasteiger partial charge is 0.497 e. The topological polar surface area (TPSA) is 140 Å². The molecule has 4 amide bonds. The first kappa shape index (κ1) is 32.1. The van der Waals surface area contributed by atoms with E-state index in [0.717, 1.165) is 5.56 Å². The lowest BCUT2D eigenvalue weighted by Gasteiger charge is -2.38. The van der Waals surface area contributed by atoms with E-state index in [1.54, 1.807) is 64.3 Å². The number of carbonyl (C=O) groups is 4. The number of benzene rings is 2. The summed E-state index contributed by atoms with van der Waals surface area (Å²) < 4.78 is 10.6. The van der Waals surface area contributed by atoms with Crippen LogP contribution >= 0.6 is 0 Å². The van der Waals surface area contributed by atoms with Crippen molar-refractivity contribution in [2.24, 2.45) is 5.73 Å². The summed E-state index contributed by atoms with van der Waals surface area (Å²) in [6.07, 6.45) is -0.484. The van der Waals surface area contributed by atoms with Crippen molar-refractivity contribution in [3.05, 3.63) is 59.7 Å². The number of primary amides is 1. The van der Waals surface area contributed by atoms with Gasteiger partial charge in [0.15, 0.2) is 0 Å². The molecule has 0 heterocycles. The number of aryl methyl sites for hydroxylation is 1. The number of hydrogen-bond acceptors (Lipinski definition) is 6. The number of carbonyl (C=O) groups excluding carboxylic acids is 4. The number of nitrogens with one attached hydrogen (secondary N) is 2. The zero-order chi connectivity index (χ0) is 30.0. The van der Waals surface area contributed by atoms with Crippen LogP contribution in [0.4, 0.5) is 10.5 Å². The number of amides is 4. The van der Waals surface area contributed by atoms with E-state index in [1.165, 1.54) is 4.90 Å². The average Bonchev–Trinajstić information content (AvgIpc) is 2.88. The van der Waals surface area contributed by atoms with Crippen LogP contribution in [0.25, 0.3) is 0 Å². The smallest absolute Gasteiger partial charge is 0.408 e. The van der Waals surface area contributed by atoms with E-state index in [4.69, 9.17) is 15.2 Å². The van der Waals surface area contributed by atoms with Crippen LogP contribution in [-0.4, -0.2) is 53.5 Å². The van der Waals surface area contributed by atoms with Gasteiger partial charge in [-0.3, -0.25) is 14.4 Å². The van der Waals surface area contributed by atoms with E-state index in [9.17, 15) is 19.2 Å². The Morgan fingerprint density at radius 1 is 1.02 bits per heavy atom. The number of anilines is 1. The standard InChI is InChI=1S/C30H42N4O6/c1-8-20(3)34(28(37)24(17-18-25(31)35)33-29(38)40-30(4,5)6)26(23-12-10-9-11-19(23)2)27(36)32-21-13-15-22(39-7)16-14-21/h9-16,20,24,26H,8,17-18H2,1-7H3,(H2,31,35)(H,32,36)(H,33,38). The van der Waals surface area contributed by atoms with Gasteiger partial charge in [-0.2, -0.15) is 0 Å². The van der Waals surface area contributed by atoms with Crippen LogP contribution in [0, 0.1) is 6.92 Å². The second-order valence-electron chi connectivity index (χ2n) is 10.7. The number of ether oxygens (including phenoxy) is 2. The molecule has 0 radical (unpaired) electrons. The number of hydrogen-bond donors (Lipinski definition) is 3. The Balaban J connectivity index is 2.57. The molecule has 2 rings (SSSR count). The molecule has 218 valence electrons. The molecular weight excluding hydrogens is 512 g/mol. The molecule has 2 aromatic carbocycles. The van der Waals surface area contributed by atoms with Gasteiger partial charge in [-0.25, -0.2) is 4.79 Å². The minimum Gasteiger partial charge on any atom is -0.497 e. The molecule has 2 aromatic rings. The van der Waals surface area contributed by atoms with Crippen LogP contribution in [0.3, 0.4) is 0 Å². The molecule has 3 atom stereocenters. The highest BCUT2D eigenvalue weighted by molar-refractivity contribution is 5.99. The molecule has 0 aliphatic rings. The van der Waals surface area contributed by atoms with Gasteiger partial charge in [-0.05, 0) is 82.9 Å². The van der Waals surface area contributed by atoms with Gasteiger partial charge in [-0.1, -0.05) is 31.2 Å². The predicted molar refractivity (Wildman–Crippen MR) is 154 cm³/mol. The first-order valence-corrected chi connectivity index (χ1v) is 13.4. The first-order chi connectivity index (χ1) is 18.8. The maximum absolute atomic E-state index is 14.2. The Hall–Kier alpha value is -4.08. The Kier molecular flexibility index (Phi) is 11.5. The van der Waals surface area contributed by atoms with Crippen LogP contribution < -0.4 is 21.1 Å². The minimum absolute atomic E-state index is 0.0546. The molecule has 0 spiro atoms. The highest BCUT2D eigenvalue weighted by atomic mass is 16.6. The lowest BCUT2D eigenvalue weighted by atomic mass is 9.95. The summed E-state index contributed by atoms with van der Waals surface area (Å²) in [5, 5.41) is 5.52. The minimum atomic E-state index is -1.16. The highest BCUT2D eigenvalue weighted by Crippen LogP contribution is 2.30. The SMILES string of the molecule is CCC(C)N(C(=O)C(CCC(N)=O)NC(=O)OC(C)(C)C)C(C(=O)Nc1ccc(OC)cc1)c1ccccc1C. The maximum Gasteiger partial charge on any atom is 0.408 e. The molecule has 10 nitrogen and oxygen atoms in total. The van der Waals surface area contributed by atoms with E-state index in [0.29, 0.717) is 23.4 Å². The van der Waals surface area contributed by atoms with Crippen LogP contribution in [0.2, 0.25) is 0 Å². The molecule has 0 saturated carbocycles. The van der Waals surface area contributed by atoms with Crippen molar-refractivity contribution in [2.45, 2.75) is 84.5 Å². The quantitative estimate of drug-likeness (QED) is 0.354. The normalized spacial score (nSPS) is 13.4. The van der Waals surface area contributed by atoms with Gasteiger partial charge in [0.25, 0.3) is 5.91 Å². The van der Waals surface area contributed by atoms with Crippen LogP contribution in [0.1, 0.15) is 71.0 Å². The summed E-state index contributed by atoms with van der Waals surface area (Å²) in [6.45, 7) is 10.7. The van der Waals surface area contributed by atoms with Gasteiger partial charge in [0.05, 0.1) is 7.11 Å². The molecule has 0 bridgehead atoms. The van der Waals surface area contributed by atoms with E-state index in [2.05, 4.69) is 10.6 Å². The second kappa shape index (κ2) is 14.3. The highest BCUT2D eigenvalue weighted by Gasteiger charge is 2.39. The zero-order valence-corrected chi connectivity index (χ0v) is 24.4. The van der Waals surface area contributed by atoms with Gasteiger partial charge < -0.3 is 30.7 Å². The molecule has 3 unspecified atom stereocenters. The van der Waals surface area contributed by atoms with Crippen LogP contribution in [0.5, 0.6) is 5.75 Å². The molecule has 0 saturated heterocycles. The van der Waals surface area contributed by atoms with Crippen molar-refractivity contribution >= 4 is 29.5 Å². The number of alkyl carbamates (subject to hydrolysis) is 1. The third-order valence-electron chi connectivity index (χ3n) is 6.36. The fourth-order valence-corrected chi connectivity index (χ4v) is 4.17. The Morgan fingerprint density at radius 2 is 1.65 bits per heavy atom. The van der Waals surface area contributed by atoms with Gasteiger partial charge >= 0.3 is 6.09 Å². The Bertz CT molecular complexity index is 1180. The predicted octanol–water partition coefficient (Wildman–Crippen LogP) is 4.47. The molecule has 0 aliphatic carbocycles. The van der Waals surface area contributed by atoms with E-state index >= 15 is 0 Å². The monoisotopic (exact) mass is 554 g/mol. The summed E-state index contributed by atoms with van der Waals surface area (Å²) >= 11 is 0. The summed E-state index contributed by atoms with van der Waals surface area (Å²) in [5.41, 5.74) is 6.55. The fraction of sp³-hybridized carbons (Fsp3) is 0.467. The molecule has 0 fully saturated rings. The van der Waals surface area contributed by atoms with Crippen LogP contribution in [0.15, 0.2) is 48.5 Å². The van der Waals surface area contributed by atoms with Gasteiger partial charge in [0.2, 0.25) is 11.8 Å². The van der Waals surface area contributed by atoms with E-state index in [-0.39, 0.29) is 12.8 Å². The maximum atomic E-state index is 14.2. The van der Waals surface area contributed by atoms with Gasteiger partial charge in [-0.15, -0.1) is 0 Å². The van der Waals surface area contributed by atoms with Gasteiger partial charge in [0, 0.05) is 18.2 Å². The molecule has 0 aliphatic heterocycles. The number of nitrogens with zero attached hydrogens (tertiary/aromatic N) is 1. The molecule has 0 aromatic heterocycles. The Labute approximate surface area is 236 Å². The molecule has 4 N–H and O–H groups in total. The first-order valence-electron chi connectivity index (χ1n) is 13.4. The third-order valence-corrected chi connectivity index (χ3v) is 6.36. The number of nitrogens with two attached hydrogens (primary N) is 1. The fourth-order valence-electron chi connectivity index (χ4n) is 4.17. The lowest BCUT2D eigenvalue weighted by molar-refractivity contribution is -0.143. The number of methoxy groups -OCH3 is 1. The lowest BCUT2D eigenvalue weighted by Crippen LogP contribution is -2.55. The summed E-state index contributed by atoms with van der Waals surface area (Å²) in [6, 6.07) is 11.6. The van der Waals surface area contributed by atoms with Crippen molar-refractivity contribution < 1.29 is 28.7 Å². The van der Waals surface area contributed by atoms with E-state index < -0.39 is 47.5 Å². The summed E-state index contributed by atoms with van der Waals surface area (Å²) in [4.78, 5) is 54.0. The van der Waals surface area contributed by atoms with Crippen molar-refractivity contribution in [2.75, 3.05) is 12.4 Å². The average molecular weight is 555 g/mol. The summed E-state index contributed by atoms with van der Waals surface area (Å²) in [7, 11) is 1.55. The van der Waals surface area contributed by atoms with E-state index in [1.807, 2.05) is 32.9 Å². The zero-order valence-electron chi connectivity index (χ0n) is 24.4. The molecule has 40 heavy (non-hydrogen) atoms. The van der Waals surface area contributed by atoms with Gasteiger partial charge in [0.1, 0.15) is 23.4 Å². The van der Waals surface area contributed by atoms with Crippen molar-refractivity contribution in [3.63, 3.8) is 0 Å². The van der Waals surface area contributed by atoms with Crippen molar-refractivity contribution in [1.29, 1.82) is 0 Å². The van der Waals surface area contributed by atoms with Crippen molar-refractivity contribution in [3.8, 4) is 5.75 Å². The second-order valence-corrected chi connectivity index (χ2v) is 10.7. The number of rotatable bonds is 12. The Morgan fingerprint density at radius 3 is 2.17 bits per heavy atom. The summed E-state index contributed by atoms with van der Waals surface area (Å²) in [5.74, 6) is -0.944.